The molecule has 2 heterocycles. The van der Waals surface area contributed by atoms with Crippen LogP contribution in [0, 0.1) is 0 Å². The number of carbonyl (C=O) groups is 1. The number of hydrogen-bond acceptors (Lipinski definition) is 5. The molecule has 0 saturated heterocycles. The Bertz CT molecular complexity index is 1160. The maximum atomic E-state index is 13.1. The van der Waals surface area contributed by atoms with Crippen molar-refractivity contribution in [2.45, 2.75) is 32.3 Å². The van der Waals surface area contributed by atoms with Crippen molar-refractivity contribution in [3.05, 3.63) is 53.6 Å². The van der Waals surface area contributed by atoms with Gasteiger partial charge < -0.3 is 4.74 Å². The van der Waals surface area contributed by atoms with Crippen molar-refractivity contribution < 1.29 is 35.9 Å². The second-order valence-corrected chi connectivity index (χ2v) is 7.24. The highest BCUT2D eigenvalue weighted by molar-refractivity contribution is 6.20. The van der Waals surface area contributed by atoms with Crippen LogP contribution in [0.5, 0.6) is 0 Å². The summed E-state index contributed by atoms with van der Waals surface area (Å²) in [5.41, 5.74) is -3.10. The van der Waals surface area contributed by atoms with Crippen LogP contribution in [0.2, 0.25) is 0 Å². The molecule has 0 radical (unpaired) electrons. The number of hydrogen-bond donors (Lipinski definition) is 0. The van der Waals surface area contributed by atoms with Crippen LogP contribution in [0.3, 0.4) is 0 Å². The molecule has 3 aromatic rings. The van der Waals surface area contributed by atoms with Gasteiger partial charge in [0.15, 0.2) is 5.82 Å². The van der Waals surface area contributed by atoms with E-state index in [9.17, 15) is 31.1 Å². The van der Waals surface area contributed by atoms with Gasteiger partial charge in [-0.1, -0.05) is 0 Å². The molecule has 0 aliphatic rings. The molecule has 0 aliphatic carbocycles. The van der Waals surface area contributed by atoms with Gasteiger partial charge in [0.2, 0.25) is 0 Å². The topological polar surface area (TPSA) is 74.8 Å². The van der Waals surface area contributed by atoms with E-state index in [1.165, 1.54) is 23.3 Å². The van der Waals surface area contributed by atoms with Crippen LogP contribution in [0.4, 0.5) is 26.3 Å². The van der Waals surface area contributed by atoms with E-state index in [1.807, 2.05) is 0 Å². The number of alkyl halides is 6. The Morgan fingerprint density at radius 2 is 1.67 bits per heavy atom. The molecule has 0 fully saturated rings. The highest BCUT2D eigenvalue weighted by atomic mass is 19.4. The van der Waals surface area contributed by atoms with Crippen molar-refractivity contribution in [1.82, 2.24) is 24.5 Å². The smallest absolute Gasteiger partial charge is 0.416 e. The predicted octanol–water partition coefficient (Wildman–Crippen LogP) is 4.67. The minimum Gasteiger partial charge on any atom is -0.459 e. The van der Waals surface area contributed by atoms with Crippen molar-refractivity contribution in [3.8, 4) is 11.4 Å². The zero-order valence-corrected chi connectivity index (χ0v) is 17.4. The first-order valence-electron chi connectivity index (χ1n) is 9.37. The van der Waals surface area contributed by atoms with E-state index in [1.54, 1.807) is 20.9 Å². The van der Waals surface area contributed by atoms with E-state index in [0.29, 0.717) is 17.7 Å². The lowest BCUT2D eigenvalue weighted by Crippen LogP contribution is -2.13. The molecule has 0 aliphatic heterocycles. The first-order valence-corrected chi connectivity index (χ1v) is 9.37. The summed E-state index contributed by atoms with van der Waals surface area (Å²) in [6.45, 7) is 3.27. The van der Waals surface area contributed by atoms with Gasteiger partial charge in [0.1, 0.15) is 6.33 Å². The number of carbonyl (C=O) groups excluding carboxylic acids is 1. The SMILES string of the molecule is CC(C)OC(=O)/C(=C\n1cnc(-c2cc(C(F)(F)F)cc(C(F)(F)F)c2)n1)c1cnn(C)c1. The van der Waals surface area contributed by atoms with E-state index in [4.69, 9.17) is 4.74 Å². The third-order valence-electron chi connectivity index (χ3n) is 4.19. The molecule has 1 aromatic carbocycles. The minimum absolute atomic E-state index is 0.00766. The molecular formula is C20H17F6N5O2. The number of rotatable bonds is 5. The molecule has 0 N–H and O–H groups in total. The molecular weight excluding hydrogens is 456 g/mol. The van der Waals surface area contributed by atoms with Gasteiger partial charge in [-0.15, -0.1) is 5.10 Å². The molecule has 0 saturated carbocycles. The van der Waals surface area contributed by atoms with Crippen LogP contribution < -0.4 is 0 Å². The van der Waals surface area contributed by atoms with Gasteiger partial charge in [-0.25, -0.2) is 14.5 Å². The fourth-order valence-corrected chi connectivity index (χ4v) is 2.77. The predicted molar refractivity (Wildman–Crippen MR) is 104 cm³/mol. The summed E-state index contributed by atoms with van der Waals surface area (Å²) in [6, 6.07) is 1.06. The standard InChI is InChI=1S/C20H17F6N5O2/c1-11(2)33-18(32)16(13-7-28-30(3)8-13)9-31-10-27-17(29-31)12-4-14(19(21,22)23)6-15(5-12)20(24,25)26/h4-11H,1-3H3/b16-9-. The number of benzene rings is 1. The van der Waals surface area contributed by atoms with Crippen molar-refractivity contribution in [3.63, 3.8) is 0 Å². The van der Waals surface area contributed by atoms with E-state index < -0.39 is 46.9 Å². The molecule has 7 nitrogen and oxygen atoms in total. The normalized spacial score (nSPS) is 13.0. The maximum absolute atomic E-state index is 13.1. The van der Waals surface area contributed by atoms with Crippen LogP contribution in [0.1, 0.15) is 30.5 Å². The Morgan fingerprint density at radius 1 is 1.06 bits per heavy atom. The second-order valence-electron chi connectivity index (χ2n) is 7.24. The summed E-state index contributed by atoms with van der Waals surface area (Å²) in [7, 11) is 1.62. The summed E-state index contributed by atoms with van der Waals surface area (Å²) >= 11 is 0. The van der Waals surface area contributed by atoms with Crippen LogP contribution >= 0.6 is 0 Å². The number of esters is 1. The highest BCUT2D eigenvalue weighted by Crippen LogP contribution is 2.38. The second kappa shape index (κ2) is 8.71. The van der Waals surface area contributed by atoms with Crippen molar-refractivity contribution >= 4 is 17.7 Å². The number of ether oxygens (including phenoxy) is 1. The minimum atomic E-state index is -5.01. The zero-order chi connectivity index (χ0) is 24.6. The quantitative estimate of drug-likeness (QED) is 0.306. The zero-order valence-electron chi connectivity index (χ0n) is 17.4. The summed E-state index contributed by atoms with van der Waals surface area (Å²) in [4.78, 5) is 16.3. The van der Waals surface area contributed by atoms with Gasteiger partial charge >= 0.3 is 18.3 Å². The lowest BCUT2D eigenvalue weighted by atomic mass is 10.0. The van der Waals surface area contributed by atoms with Crippen molar-refractivity contribution in [1.29, 1.82) is 0 Å². The molecule has 33 heavy (non-hydrogen) atoms. The number of aryl methyl sites for hydroxylation is 1. The molecule has 13 heteroatoms. The third kappa shape index (κ3) is 5.79. The van der Waals surface area contributed by atoms with Crippen LogP contribution in [-0.2, 0) is 28.9 Å². The molecule has 3 rings (SSSR count). The Balaban J connectivity index is 2.06. The molecule has 176 valence electrons. The molecule has 0 unspecified atom stereocenters. The molecule has 0 bridgehead atoms. The third-order valence-corrected chi connectivity index (χ3v) is 4.19. The highest BCUT2D eigenvalue weighted by Gasteiger charge is 2.37. The number of nitrogens with zero attached hydrogens (tertiary/aromatic N) is 5. The Labute approximate surface area is 183 Å². The van der Waals surface area contributed by atoms with E-state index in [0.717, 1.165) is 11.0 Å². The molecule has 0 amide bonds. The first-order chi connectivity index (χ1) is 15.2. The summed E-state index contributed by atoms with van der Waals surface area (Å²) in [6.07, 6.45) is -5.33. The average Bonchev–Trinajstić information content (AvgIpc) is 3.32. The lowest BCUT2D eigenvalue weighted by molar-refractivity contribution is -0.143. The van der Waals surface area contributed by atoms with E-state index in [2.05, 4.69) is 15.2 Å². The van der Waals surface area contributed by atoms with Gasteiger partial charge in [-0.05, 0) is 32.0 Å². The van der Waals surface area contributed by atoms with Gasteiger partial charge in [-0.2, -0.15) is 31.4 Å². The molecule has 0 spiro atoms. The Hall–Kier alpha value is -3.64. The van der Waals surface area contributed by atoms with Gasteiger partial charge in [-0.3, -0.25) is 4.68 Å². The first kappa shape index (κ1) is 24.0. The largest absolute Gasteiger partial charge is 0.459 e. The number of halogens is 6. The lowest BCUT2D eigenvalue weighted by Gasteiger charge is -2.13. The monoisotopic (exact) mass is 473 g/mol. The van der Waals surface area contributed by atoms with Crippen LogP contribution in [-0.4, -0.2) is 36.6 Å². The number of aromatic nitrogens is 5. The summed E-state index contributed by atoms with van der Waals surface area (Å²) < 4.78 is 86.4. The van der Waals surface area contributed by atoms with Gasteiger partial charge in [0, 0.05) is 30.6 Å². The van der Waals surface area contributed by atoms with Crippen LogP contribution in [0.15, 0.2) is 36.9 Å². The van der Waals surface area contributed by atoms with Crippen molar-refractivity contribution in [2.75, 3.05) is 0 Å². The van der Waals surface area contributed by atoms with E-state index >= 15 is 0 Å². The fraction of sp³-hybridized carbons (Fsp3) is 0.300. The summed E-state index contributed by atoms with van der Waals surface area (Å²) in [5, 5.41) is 7.89. The Morgan fingerprint density at radius 3 is 2.15 bits per heavy atom. The van der Waals surface area contributed by atoms with Crippen LogP contribution in [0.25, 0.3) is 23.2 Å². The average molecular weight is 473 g/mol. The molecule has 2 aromatic heterocycles. The van der Waals surface area contributed by atoms with Crippen molar-refractivity contribution in [2.24, 2.45) is 7.05 Å². The van der Waals surface area contributed by atoms with Gasteiger partial charge in [0.05, 0.1) is 29.0 Å². The fourth-order valence-electron chi connectivity index (χ4n) is 2.77. The molecule has 0 atom stereocenters. The maximum Gasteiger partial charge on any atom is 0.416 e. The summed E-state index contributed by atoms with van der Waals surface area (Å²) in [5.74, 6) is -1.13. The van der Waals surface area contributed by atoms with E-state index in [-0.39, 0.29) is 11.6 Å². The Kier molecular flexibility index (Phi) is 6.34. The van der Waals surface area contributed by atoms with Gasteiger partial charge in [0.25, 0.3) is 0 Å².